The Balaban J connectivity index is 1.18. The standard InChI is InChI=1S/C27H27ClN6O2/c28-22-4-1-19(2-5-22)20-3-7-25-21(15-20)16-30-34(27(25)35)24-6-8-26(29-17-24)32-10-9-23(18-32)31-33-11-13-36-14-12-33/h1-8,15-17,23,31H,9-14,18H2/t23-/m1/s1. The molecule has 2 aliphatic heterocycles. The summed E-state index contributed by atoms with van der Waals surface area (Å²) >= 11 is 6.01. The van der Waals surface area contributed by atoms with E-state index in [0.29, 0.717) is 22.1 Å². The Morgan fingerprint density at radius 2 is 1.75 bits per heavy atom. The largest absolute Gasteiger partial charge is 0.379 e. The highest BCUT2D eigenvalue weighted by Gasteiger charge is 2.25. The smallest absolute Gasteiger partial charge is 0.279 e. The lowest BCUT2D eigenvalue weighted by Gasteiger charge is -2.30. The molecule has 2 aromatic carbocycles. The molecule has 0 saturated carbocycles. The lowest BCUT2D eigenvalue weighted by Crippen LogP contribution is -2.50. The number of hydrazine groups is 1. The normalized spacial score (nSPS) is 18.7. The van der Waals surface area contributed by atoms with E-state index < -0.39 is 0 Å². The molecule has 9 heteroatoms. The zero-order valence-electron chi connectivity index (χ0n) is 19.8. The third-order valence-corrected chi connectivity index (χ3v) is 7.08. The first-order chi connectivity index (χ1) is 17.6. The summed E-state index contributed by atoms with van der Waals surface area (Å²) in [6, 6.07) is 17.7. The summed E-state index contributed by atoms with van der Waals surface area (Å²) in [5.74, 6) is 0.909. The number of nitrogens with one attached hydrogen (secondary N) is 1. The quantitative estimate of drug-likeness (QED) is 0.447. The van der Waals surface area contributed by atoms with Crippen LogP contribution in [0.5, 0.6) is 0 Å². The average Bonchev–Trinajstić information content (AvgIpc) is 3.38. The maximum Gasteiger partial charge on any atom is 0.279 e. The number of anilines is 1. The van der Waals surface area contributed by atoms with Crippen LogP contribution in [0.25, 0.3) is 27.6 Å². The molecule has 2 aliphatic rings. The van der Waals surface area contributed by atoms with E-state index in [1.54, 1.807) is 12.4 Å². The van der Waals surface area contributed by atoms with Crippen molar-refractivity contribution in [3.8, 4) is 16.8 Å². The number of fused-ring (bicyclic) bond motifs is 1. The van der Waals surface area contributed by atoms with Gasteiger partial charge in [-0.2, -0.15) is 9.78 Å². The second-order valence-electron chi connectivity index (χ2n) is 9.21. The van der Waals surface area contributed by atoms with Crippen LogP contribution in [0.1, 0.15) is 6.42 Å². The molecule has 0 amide bonds. The highest BCUT2D eigenvalue weighted by molar-refractivity contribution is 6.30. The summed E-state index contributed by atoms with van der Waals surface area (Å²) < 4.78 is 6.84. The molecule has 8 nitrogen and oxygen atoms in total. The molecule has 0 bridgehead atoms. The minimum Gasteiger partial charge on any atom is -0.379 e. The molecular weight excluding hydrogens is 476 g/mol. The van der Waals surface area contributed by atoms with Crippen LogP contribution >= 0.6 is 11.6 Å². The molecule has 0 radical (unpaired) electrons. The van der Waals surface area contributed by atoms with E-state index in [0.717, 1.165) is 68.1 Å². The SMILES string of the molecule is O=c1c2ccc(-c3ccc(Cl)cc3)cc2cnn1-c1ccc(N2CC[C@@H](NN3CCOCC3)C2)nc1. The molecule has 184 valence electrons. The van der Waals surface area contributed by atoms with Gasteiger partial charge in [0.15, 0.2) is 0 Å². The van der Waals surface area contributed by atoms with Crippen LogP contribution in [0.3, 0.4) is 0 Å². The van der Waals surface area contributed by atoms with Gasteiger partial charge >= 0.3 is 0 Å². The van der Waals surface area contributed by atoms with Crippen molar-refractivity contribution >= 4 is 28.2 Å². The maximum atomic E-state index is 13.2. The van der Waals surface area contributed by atoms with Crippen molar-refractivity contribution in [2.24, 2.45) is 0 Å². The number of hydrogen-bond donors (Lipinski definition) is 1. The molecular formula is C27H27ClN6O2. The number of benzene rings is 2. The number of ether oxygens (including phenoxy) is 1. The summed E-state index contributed by atoms with van der Waals surface area (Å²) in [5.41, 5.74) is 6.15. The van der Waals surface area contributed by atoms with E-state index in [4.69, 9.17) is 16.3 Å². The molecule has 36 heavy (non-hydrogen) atoms. The van der Waals surface area contributed by atoms with E-state index in [9.17, 15) is 4.79 Å². The molecule has 1 N–H and O–H groups in total. The van der Waals surface area contributed by atoms with Crippen molar-refractivity contribution < 1.29 is 4.74 Å². The predicted octanol–water partition coefficient (Wildman–Crippen LogP) is 3.52. The average molecular weight is 503 g/mol. The number of nitrogens with zero attached hydrogens (tertiary/aromatic N) is 5. The summed E-state index contributed by atoms with van der Waals surface area (Å²) in [4.78, 5) is 20.1. The first kappa shape index (κ1) is 23.1. The molecule has 2 aromatic heterocycles. The first-order valence-electron chi connectivity index (χ1n) is 12.2. The number of pyridine rings is 1. The zero-order valence-corrected chi connectivity index (χ0v) is 20.6. The van der Waals surface area contributed by atoms with Crippen molar-refractivity contribution in [3.05, 3.63) is 82.4 Å². The van der Waals surface area contributed by atoms with E-state index in [2.05, 4.69) is 25.4 Å². The van der Waals surface area contributed by atoms with E-state index in [1.807, 2.05) is 54.6 Å². The van der Waals surface area contributed by atoms with Crippen molar-refractivity contribution in [1.82, 2.24) is 25.2 Å². The van der Waals surface area contributed by atoms with E-state index in [-0.39, 0.29) is 5.56 Å². The topological polar surface area (TPSA) is 75.5 Å². The molecule has 1 atom stereocenters. The van der Waals surface area contributed by atoms with E-state index in [1.165, 1.54) is 4.68 Å². The monoisotopic (exact) mass is 502 g/mol. The van der Waals surface area contributed by atoms with Crippen LogP contribution in [0, 0.1) is 0 Å². The summed E-state index contributed by atoms with van der Waals surface area (Å²) in [6.45, 7) is 5.22. The van der Waals surface area contributed by atoms with Gasteiger partial charge in [0, 0.05) is 42.6 Å². The Morgan fingerprint density at radius 3 is 2.53 bits per heavy atom. The van der Waals surface area contributed by atoms with E-state index >= 15 is 0 Å². The Hall–Kier alpha value is -3.30. The zero-order chi connectivity index (χ0) is 24.5. The molecule has 0 aliphatic carbocycles. The summed E-state index contributed by atoms with van der Waals surface area (Å²) in [7, 11) is 0. The van der Waals surface area contributed by atoms with Crippen LogP contribution in [0.4, 0.5) is 5.82 Å². The molecule has 0 unspecified atom stereocenters. The fourth-order valence-corrected chi connectivity index (χ4v) is 5.00. The lowest BCUT2D eigenvalue weighted by molar-refractivity contribution is 0.00531. The Bertz CT molecular complexity index is 1420. The Kier molecular flexibility index (Phi) is 6.41. The van der Waals surface area contributed by atoms with Crippen LogP contribution in [-0.4, -0.2) is 65.2 Å². The van der Waals surface area contributed by atoms with Gasteiger partial charge in [0.1, 0.15) is 5.82 Å². The number of hydrogen-bond acceptors (Lipinski definition) is 7. The highest BCUT2D eigenvalue weighted by atomic mass is 35.5. The molecule has 6 rings (SSSR count). The van der Waals surface area contributed by atoms with Crippen LogP contribution in [0.15, 0.2) is 71.8 Å². The third-order valence-electron chi connectivity index (χ3n) is 6.83. The first-order valence-corrected chi connectivity index (χ1v) is 12.6. The second kappa shape index (κ2) is 9.99. The number of morpholine rings is 1. The minimum absolute atomic E-state index is 0.166. The van der Waals surface area contributed by atoms with Crippen LogP contribution in [0.2, 0.25) is 5.02 Å². The Morgan fingerprint density at radius 1 is 0.944 bits per heavy atom. The van der Waals surface area contributed by atoms with Gasteiger partial charge in [0.25, 0.3) is 5.56 Å². The van der Waals surface area contributed by atoms with Gasteiger partial charge < -0.3 is 9.64 Å². The summed E-state index contributed by atoms with van der Waals surface area (Å²) in [5, 5.41) is 8.79. The molecule has 4 heterocycles. The fourth-order valence-electron chi connectivity index (χ4n) is 4.87. The molecule has 2 saturated heterocycles. The van der Waals surface area contributed by atoms with Gasteiger partial charge in [-0.25, -0.2) is 9.99 Å². The number of aromatic nitrogens is 3. The van der Waals surface area contributed by atoms with Crippen LogP contribution < -0.4 is 15.9 Å². The molecule has 2 fully saturated rings. The Labute approximate surface area is 214 Å². The number of rotatable bonds is 5. The van der Waals surface area contributed by atoms with Gasteiger partial charge in [-0.05, 0) is 53.9 Å². The third kappa shape index (κ3) is 4.73. The fraction of sp³-hybridized carbons (Fsp3) is 0.296. The van der Waals surface area contributed by atoms with Gasteiger partial charge in [0.05, 0.1) is 36.7 Å². The van der Waals surface area contributed by atoms with Crippen LogP contribution in [-0.2, 0) is 4.74 Å². The summed E-state index contributed by atoms with van der Waals surface area (Å²) in [6.07, 6.45) is 4.51. The molecule has 0 spiro atoms. The highest BCUT2D eigenvalue weighted by Crippen LogP contribution is 2.25. The second-order valence-corrected chi connectivity index (χ2v) is 9.64. The van der Waals surface area contributed by atoms with Crippen molar-refractivity contribution in [1.29, 1.82) is 0 Å². The number of halogens is 1. The van der Waals surface area contributed by atoms with Crippen molar-refractivity contribution in [2.75, 3.05) is 44.3 Å². The van der Waals surface area contributed by atoms with Gasteiger partial charge in [0.2, 0.25) is 0 Å². The van der Waals surface area contributed by atoms with Gasteiger partial charge in [-0.1, -0.05) is 29.8 Å². The van der Waals surface area contributed by atoms with Crippen molar-refractivity contribution in [3.63, 3.8) is 0 Å². The minimum atomic E-state index is -0.166. The lowest BCUT2D eigenvalue weighted by atomic mass is 10.0. The van der Waals surface area contributed by atoms with Crippen molar-refractivity contribution in [2.45, 2.75) is 12.5 Å². The van der Waals surface area contributed by atoms with Gasteiger partial charge in [-0.3, -0.25) is 10.2 Å². The van der Waals surface area contributed by atoms with Gasteiger partial charge in [-0.15, -0.1) is 0 Å². The predicted molar refractivity (Wildman–Crippen MR) is 142 cm³/mol. The molecule has 4 aromatic rings. The maximum absolute atomic E-state index is 13.2.